The van der Waals surface area contributed by atoms with Gasteiger partial charge in [0.1, 0.15) is 0 Å². The van der Waals surface area contributed by atoms with Gasteiger partial charge in [0.2, 0.25) is 0 Å². The van der Waals surface area contributed by atoms with Crippen LogP contribution in [0.2, 0.25) is 0 Å². The molecule has 0 saturated carbocycles. The molecule has 0 aromatic rings. The average Bonchev–Trinajstić information content (AvgIpc) is 2.01. The summed E-state index contributed by atoms with van der Waals surface area (Å²) in [6.07, 6.45) is 1.34. The van der Waals surface area contributed by atoms with Gasteiger partial charge in [-0.25, -0.2) is 0 Å². The molecular formula is C12H26N2. The molecular weight excluding hydrogens is 172 g/mol. The Morgan fingerprint density at radius 1 is 1.14 bits per heavy atom. The van der Waals surface area contributed by atoms with Crippen LogP contribution in [-0.2, 0) is 0 Å². The molecule has 1 aliphatic heterocycles. The second kappa shape index (κ2) is 5.13. The summed E-state index contributed by atoms with van der Waals surface area (Å²) in [5.74, 6) is 0.813. The summed E-state index contributed by atoms with van der Waals surface area (Å²) in [5, 5.41) is 0. The molecule has 1 unspecified atom stereocenters. The number of nitrogens with zero attached hydrogens (tertiary/aromatic N) is 2. The standard InChI is InChI=1S/C12H26N2/c1-10(2)8-12-9-13(5)6-7-14(12)11(3)4/h10-12H,6-9H2,1-5H3. The third kappa shape index (κ3) is 3.25. The molecule has 0 aromatic carbocycles. The summed E-state index contributed by atoms with van der Waals surface area (Å²) in [4.78, 5) is 5.13. The Morgan fingerprint density at radius 3 is 2.29 bits per heavy atom. The van der Waals surface area contributed by atoms with Gasteiger partial charge < -0.3 is 4.90 Å². The normalized spacial score (nSPS) is 26.4. The first kappa shape index (κ1) is 12.0. The van der Waals surface area contributed by atoms with Crippen molar-refractivity contribution in [1.29, 1.82) is 0 Å². The summed E-state index contributed by atoms with van der Waals surface area (Å²) < 4.78 is 0. The van der Waals surface area contributed by atoms with E-state index in [0.29, 0.717) is 6.04 Å². The van der Waals surface area contributed by atoms with Crippen molar-refractivity contribution in [3.05, 3.63) is 0 Å². The van der Waals surface area contributed by atoms with Crippen LogP contribution >= 0.6 is 0 Å². The van der Waals surface area contributed by atoms with E-state index in [4.69, 9.17) is 0 Å². The number of hydrogen-bond donors (Lipinski definition) is 0. The Kier molecular flexibility index (Phi) is 4.39. The van der Waals surface area contributed by atoms with Gasteiger partial charge in [-0.2, -0.15) is 0 Å². The van der Waals surface area contributed by atoms with Crippen molar-refractivity contribution in [3.8, 4) is 0 Å². The van der Waals surface area contributed by atoms with Crippen LogP contribution in [0.3, 0.4) is 0 Å². The Balaban J connectivity index is 2.54. The van der Waals surface area contributed by atoms with Gasteiger partial charge in [0.25, 0.3) is 0 Å². The van der Waals surface area contributed by atoms with Gasteiger partial charge in [0.15, 0.2) is 0 Å². The molecule has 0 spiro atoms. The van der Waals surface area contributed by atoms with Crippen LogP contribution in [0.1, 0.15) is 34.1 Å². The second-order valence-corrected chi connectivity index (χ2v) is 5.38. The van der Waals surface area contributed by atoms with Crippen molar-refractivity contribution in [1.82, 2.24) is 9.80 Å². The van der Waals surface area contributed by atoms with E-state index in [-0.39, 0.29) is 0 Å². The summed E-state index contributed by atoms with van der Waals surface area (Å²) in [5.41, 5.74) is 0. The smallest absolute Gasteiger partial charge is 0.0228 e. The Bertz CT molecular complexity index is 164. The largest absolute Gasteiger partial charge is 0.304 e. The summed E-state index contributed by atoms with van der Waals surface area (Å²) in [6.45, 7) is 13.0. The van der Waals surface area contributed by atoms with Gasteiger partial charge in [-0.1, -0.05) is 13.8 Å². The van der Waals surface area contributed by atoms with Crippen LogP contribution in [-0.4, -0.2) is 48.6 Å². The third-order valence-corrected chi connectivity index (χ3v) is 3.14. The molecule has 2 nitrogen and oxygen atoms in total. The zero-order valence-electron chi connectivity index (χ0n) is 10.5. The second-order valence-electron chi connectivity index (χ2n) is 5.38. The number of rotatable bonds is 3. The van der Waals surface area contributed by atoms with E-state index in [9.17, 15) is 0 Å². The monoisotopic (exact) mass is 198 g/mol. The molecule has 0 aromatic heterocycles. The maximum Gasteiger partial charge on any atom is 0.0228 e. The summed E-state index contributed by atoms with van der Waals surface area (Å²) >= 11 is 0. The molecule has 14 heavy (non-hydrogen) atoms. The lowest BCUT2D eigenvalue weighted by Crippen LogP contribution is -2.54. The maximum absolute atomic E-state index is 2.67. The van der Waals surface area contributed by atoms with Gasteiger partial charge >= 0.3 is 0 Å². The van der Waals surface area contributed by atoms with Gasteiger partial charge in [-0.3, -0.25) is 4.90 Å². The van der Waals surface area contributed by atoms with Crippen LogP contribution in [0.5, 0.6) is 0 Å². The van der Waals surface area contributed by atoms with Crippen molar-refractivity contribution < 1.29 is 0 Å². The average molecular weight is 198 g/mol. The SMILES string of the molecule is CC(C)CC1CN(C)CCN1C(C)C. The van der Waals surface area contributed by atoms with E-state index in [1.54, 1.807) is 0 Å². The summed E-state index contributed by atoms with van der Waals surface area (Å²) in [6, 6.07) is 1.47. The highest BCUT2D eigenvalue weighted by atomic mass is 15.3. The van der Waals surface area contributed by atoms with Crippen LogP contribution in [0, 0.1) is 5.92 Å². The fourth-order valence-electron chi connectivity index (χ4n) is 2.46. The minimum Gasteiger partial charge on any atom is -0.304 e. The molecule has 1 rings (SSSR count). The first-order chi connectivity index (χ1) is 6.50. The molecule has 0 N–H and O–H groups in total. The highest BCUT2D eigenvalue weighted by molar-refractivity contribution is 4.83. The molecule has 2 heteroatoms. The van der Waals surface area contributed by atoms with Crippen molar-refractivity contribution in [3.63, 3.8) is 0 Å². The molecule has 0 bridgehead atoms. The van der Waals surface area contributed by atoms with Gasteiger partial charge in [0.05, 0.1) is 0 Å². The minimum atomic E-state index is 0.701. The number of likely N-dealkylation sites (N-methyl/N-ethyl adjacent to an activating group) is 1. The fraction of sp³-hybridized carbons (Fsp3) is 1.00. The lowest BCUT2D eigenvalue weighted by atomic mass is 9.99. The van der Waals surface area contributed by atoms with E-state index < -0.39 is 0 Å². The molecule has 1 aliphatic rings. The zero-order chi connectivity index (χ0) is 10.7. The predicted octanol–water partition coefficient (Wildman–Crippen LogP) is 2.06. The highest BCUT2D eigenvalue weighted by Crippen LogP contribution is 2.18. The lowest BCUT2D eigenvalue weighted by molar-refractivity contribution is 0.0530. The van der Waals surface area contributed by atoms with Gasteiger partial charge in [0, 0.05) is 31.7 Å². The first-order valence-electron chi connectivity index (χ1n) is 5.95. The number of piperazine rings is 1. The minimum absolute atomic E-state index is 0.701. The molecule has 1 atom stereocenters. The number of hydrogen-bond acceptors (Lipinski definition) is 2. The first-order valence-corrected chi connectivity index (χ1v) is 5.95. The Morgan fingerprint density at radius 2 is 1.79 bits per heavy atom. The van der Waals surface area contributed by atoms with E-state index in [0.717, 1.165) is 12.0 Å². The fourth-order valence-corrected chi connectivity index (χ4v) is 2.46. The Labute approximate surface area is 89.3 Å². The highest BCUT2D eigenvalue weighted by Gasteiger charge is 2.27. The molecule has 0 radical (unpaired) electrons. The molecule has 84 valence electrons. The zero-order valence-corrected chi connectivity index (χ0v) is 10.5. The van der Waals surface area contributed by atoms with Gasteiger partial charge in [-0.15, -0.1) is 0 Å². The quantitative estimate of drug-likeness (QED) is 0.685. The van der Waals surface area contributed by atoms with E-state index in [1.807, 2.05) is 0 Å². The Hall–Kier alpha value is -0.0800. The molecule has 0 amide bonds. The molecule has 1 fully saturated rings. The van der Waals surface area contributed by atoms with E-state index >= 15 is 0 Å². The van der Waals surface area contributed by atoms with Crippen LogP contribution < -0.4 is 0 Å². The maximum atomic E-state index is 2.67. The van der Waals surface area contributed by atoms with E-state index in [1.165, 1.54) is 26.1 Å². The molecule has 0 aliphatic carbocycles. The van der Waals surface area contributed by atoms with Crippen LogP contribution in [0.25, 0.3) is 0 Å². The third-order valence-electron chi connectivity index (χ3n) is 3.14. The van der Waals surface area contributed by atoms with Crippen molar-refractivity contribution in [2.24, 2.45) is 5.92 Å². The van der Waals surface area contributed by atoms with Crippen molar-refractivity contribution in [2.75, 3.05) is 26.7 Å². The van der Waals surface area contributed by atoms with Crippen molar-refractivity contribution >= 4 is 0 Å². The molecule has 1 heterocycles. The van der Waals surface area contributed by atoms with Crippen LogP contribution in [0.15, 0.2) is 0 Å². The predicted molar refractivity (Wildman–Crippen MR) is 62.6 cm³/mol. The topological polar surface area (TPSA) is 6.48 Å². The van der Waals surface area contributed by atoms with Gasteiger partial charge in [-0.05, 0) is 33.2 Å². The van der Waals surface area contributed by atoms with Crippen molar-refractivity contribution in [2.45, 2.75) is 46.2 Å². The summed E-state index contributed by atoms with van der Waals surface area (Å²) in [7, 11) is 2.24. The van der Waals surface area contributed by atoms with E-state index in [2.05, 4.69) is 44.5 Å². The molecule has 1 saturated heterocycles. The van der Waals surface area contributed by atoms with Crippen LogP contribution in [0.4, 0.5) is 0 Å². The lowest BCUT2D eigenvalue weighted by Gasteiger charge is -2.43.